The minimum Gasteiger partial charge on any atom is -0.508 e. The van der Waals surface area contributed by atoms with E-state index in [1.165, 1.54) is 0 Å². The Morgan fingerprint density at radius 3 is 1.33 bits per heavy atom. The first kappa shape index (κ1) is 26.5. The minimum atomic E-state index is -1.67. The fraction of sp³-hybridized carbons (Fsp3) is 0.500. The number of aromatic hydroxyl groups is 1. The van der Waals surface area contributed by atoms with Crippen LogP contribution in [-0.4, -0.2) is 29.2 Å². The van der Waals surface area contributed by atoms with E-state index in [2.05, 4.69) is 20.8 Å². The van der Waals surface area contributed by atoms with Crippen LogP contribution in [-0.2, 0) is 26.2 Å². The summed E-state index contributed by atoms with van der Waals surface area (Å²) < 4.78 is 0. The first-order valence-electron chi connectivity index (χ1n) is 5.54. The number of hydrogen-bond acceptors (Lipinski definition) is 2. The second kappa shape index (κ2) is 15.1. The molecule has 0 unspecified atom stereocenters. The van der Waals surface area contributed by atoms with E-state index in [-0.39, 0.29) is 37.2 Å². The summed E-state index contributed by atoms with van der Waals surface area (Å²) >= 11 is 0. The molecule has 0 aliphatic rings. The van der Waals surface area contributed by atoms with Gasteiger partial charge in [0.25, 0.3) is 0 Å². The van der Waals surface area contributed by atoms with Crippen molar-refractivity contribution in [3.63, 3.8) is 0 Å². The molecule has 0 radical (unpaired) electrons. The number of hydrogen-bond donors (Lipinski definition) is 2. The van der Waals surface area contributed by atoms with Gasteiger partial charge in [-0.3, -0.25) is 0 Å². The summed E-state index contributed by atoms with van der Waals surface area (Å²) in [6.07, 6.45) is 0. The molecule has 0 aliphatic heterocycles. The van der Waals surface area contributed by atoms with Crippen molar-refractivity contribution in [2.24, 2.45) is 0 Å². The summed E-state index contributed by atoms with van der Waals surface area (Å²) in [5, 5.41) is 8.63. The predicted molar refractivity (Wildman–Crippen MR) is 74.8 cm³/mol. The van der Waals surface area contributed by atoms with Crippen molar-refractivity contribution in [3.8, 4) is 5.75 Å². The van der Waals surface area contributed by atoms with Gasteiger partial charge in [0.05, 0.1) is 0 Å². The molecule has 1 rings (SSSR count). The molecule has 0 bridgehead atoms. The Morgan fingerprint density at radius 1 is 0.889 bits per heavy atom. The summed E-state index contributed by atoms with van der Waals surface area (Å²) in [6, 6.07) is 11.8. The van der Waals surface area contributed by atoms with E-state index in [0.717, 1.165) is 18.1 Å². The molecule has 0 saturated carbocycles. The summed E-state index contributed by atoms with van der Waals surface area (Å²) in [4.78, 5) is 9.58. The van der Waals surface area contributed by atoms with Gasteiger partial charge in [0.15, 0.2) is 8.32 Å². The van der Waals surface area contributed by atoms with Crippen molar-refractivity contribution >= 4 is 8.32 Å². The molecule has 106 valence electrons. The quantitative estimate of drug-likeness (QED) is 0.808. The van der Waals surface area contributed by atoms with E-state index in [1.54, 1.807) is 24.3 Å². The molecule has 0 aliphatic carbocycles. The molecule has 0 spiro atoms. The normalized spacial score (nSPS) is 8.67. The maximum Gasteiger partial charge on any atom is 0.187 e. The maximum absolute atomic E-state index is 9.58. The Balaban J connectivity index is -0.0000000935. The molecular weight excluding hydrogens is 327 g/mol. The maximum atomic E-state index is 9.58. The average Bonchev–Trinajstić information content (AvgIpc) is 2.30. The van der Waals surface area contributed by atoms with Crippen LogP contribution in [0.15, 0.2) is 30.3 Å². The molecule has 6 heteroatoms. The first-order valence-corrected chi connectivity index (χ1v) is 8.11. The van der Waals surface area contributed by atoms with Gasteiger partial charge >= 0.3 is 0 Å². The zero-order valence-electron chi connectivity index (χ0n) is 11.4. The van der Waals surface area contributed by atoms with Crippen LogP contribution in [0.5, 0.6) is 5.75 Å². The van der Waals surface area contributed by atoms with Gasteiger partial charge in [-0.05, 0) is 30.3 Å². The largest absolute Gasteiger partial charge is 0.508 e. The molecule has 0 atom stereocenters. The molecule has 6 N–H and O–H groups in total. The van der Waals surface area contributed by atoms with Crippen molar-refractivity contribution in [2.75, 3.05) is 0 Å². The van der Waals surface area contributed by atoms with E-state index in [9.17, 15) is 4.80 Å². The Hall–Kier alpha value is -0.000000000000000222. The van der Waals surface area contributed by atoms with Gasteiger partial charge < -0.3 is 20.9 Å². The Kier molecular flexibility index (Phi) is 22.2. The Labute approximate surface area is 130 Å². The van der Waals surface area contributed by atoms with Crippen LogP contribution in [0, 0.1) is 0 Å². The van der Waals surface area contributed by atoms with Gasteiger partial charge in [0.2, 0.25) is 0 Å². The second-order valence-corrected chi connectivity index (χ2v) is 8.19. The molecular formula is C12H26O4SiZr. The number of para-hydroxylation sites is 1. The minimum absolute atomic E-state index is 0. The molecule has 4 nitrogen and oxygen atoms in total. The van der Waals surface area contributed by atoms with Gasteiger partial charge in [-0.2, -0.15) is 0 Å². The number of benzene rings is 1. The van der Waals surface area contributed by atoms with Crippen LogP contribution < -0.4 is 0 Å². The third kappa shape index (κ3) is 12.5. The number of phenolic OH excluding ortho intramolecular Hbond substituents is 1. The topological polar surface area (TPSA) is 103 Å². The van der Waals surface area contributed by atoms with Crippen molar-refractivity contribution in [2.45, 2.75) is 38.9 Å². The van der Waals surface area contributed by atoms with Gasteiger partial charge in [-0.25, -0.2) is 0 Å². The van der Waals surface area contributed by atoms with Crippen LogP contribution in [0.3, 0.4) is 0 Å². The van der Waals surface area contributed by atoms with Crippen LogP contribution in [0.25, 0.3) is 0 Å². The van der Waals surface area contributed by atoms with Gasteiger partial charge in [0.1, 0.15) is 5.75 Å². The van der Waals surface area contributed by atoms with Gasteiger partial charge in [-0.1, -0.05) is 39.0 Å². The molecule has 1 aromatic carbocycles. The smallest absolute Gasteiger partial charge is 0.187 e. The summed E-state index contributed by atoms with van der Waals surface area (Å²) in [5.41, 5.74) is 0. The Morgan fingerprint density at radius 2 is 1.22 bits per heavy atom. The van der Waals surface area contributed by atoms with Crippen molar-refractivity contribution in [3.05, 3.63) is 30.3 Å². The zero-order chi connectivity index (χ0) is 11.7. The Bertz CT molecular complexity index is 247. The van der Waals surface area contributed by atoms with Crippen LogP contribution in [0.4, 0.5) is 0 Å². The van der Waals surface area contributed by atoms with Gasteiger partial charge in [-0.15, -0.1) is 0 Å². The van der Waals surface area contributed by atoms with E-state index in [1.807, 2.05) is 6.07 Å². The van der Waals surface area contributed by atoms with E-state index in [4.69, 9.17) is 5.11 Å². The fourth-order valence-corrected chi connectivity index (χ4v) is 2.68. The molecule has 1 aromatic rings. The van der Waals surface area contributed by atoms with E-state index < -0.39 is 8.32 Å². The second-order valence-electron chi connectivity index (χ2n) is 3.62. The molecule has 0 amide bonds. The molecule has 0 fully saturated rings. The monoisotopic (exact) mass is 352 g/mol. The average molecular weight is 354 g/mol. The molecule has 0 heterocycles. The number of phenols is 1. The molecule has 18 heavy (non-hydrogen) atoms. The molecule has 0 saturated heterocycles. The van der Waals surface area contributed by atoms with E-state index >= 15 is 0 Å². The third-order valence-corrected chi connectivity index (χ3v) is 6.68. The first-order chi connectivity index (χ1) is 7.08. The van der Waals surface area contributed by atoms with Gasteiger partial charge in [0, 0.05) is 26.2 Å². The van der Waals surface area contributed by atoms with Crippen molar-refractivity contribution in [1.29, 1.82) is 0 Å². The van der Waals surface area contributed by atoms with Crippen LogP contribution >= 0.6 is 0 Å². The van der Waals surface area contributed by atoms with Crippen LogP contribution in [0.2, 0.25) is 18.1 Å². The summed E-state index contributed by atoms with van der Waals surface area (Å²) in [6.45, 7) is 6.25. The van der Waals surface area contributed by atoms with Crippen LogP contribution in [0.1, 0.15) is 20.8 Å². The third-order valence-electron chi connectivity index (χ3n) is 2.73. The number of rotatable bonds is 3. The van der Waals surface area contributed by atoms with Crippen molar-refractivity contribution < 1.29 is 47.1 Å². The van der Waals surface area contributed by atoms with E-state index in [0.29, 0.717) is 5.75 Å². The molecule has 0 aromatic heterocycles. The summed E-state index contributed by atoms with van der Waals surface area (Å²) in [7, 11) is -1.67. The fourth-order valence-electron chi connectivity index (χ4n) is 1.18. The zero-order valence-corrected chi connectivity index (χ0v) is 14.9. The van der Waals surface area contributed by atoms with Crippen molar-refractivity contribution in [1.82, 2.24) is 0 Å². The SMILES string of the molecule is CC[Si](O)(CC)CC.O.O.Oc1ccccc1.[Zr]. The predicted octanol–water partition coefficient (Wildman–Crippen LogP) is 1.72. The standard InChI is InChI=1S/C6H16OSi.C6H6O.2H2O.Zr/c1-4-8(7,5-2)6-3;7-6-4-2-1-3-5-6;;;/h7H,4-6H2,1-3H3;1-5,7H;2*1H2;. The summed E-state index contributed by atoms with van der Waals surface area (Å²) in [5.74, 6) is 0.322.